The van der Waals surface area contributed by atoms with Gasteiger partial charge in [-0.3, -0.25) is 4.79 Å². The molecule has 1 N–H and O–H groups in total. The zero-order chi connectivity index (χ0) is 10.7. The van der Waals surface area contributed by atoms with Gasteiger partial charge in [-0.15, -0.1) is 0 Å². The molecule has 0 radical (unpaired) electrons. The Hall–Kier alpha value is -0.570. The molecule has 86 valence electrons. The van der Waals surface area contributed by atoms with E-state index < -0.39 is 0 Å². The second-order valence-electron chi connectivity index (χ2n) is 4.89. The van der Waals surface area contributed by atoms with Crippen molar-refractivity contribution in [2.24, 2.45) is 11.8 Å². The quantitative estimate of drug-likeness (QED) is 0.744. The topological polar surface area (TPSA) is 32.3 Å². The molecule has 2 saturated heterocycles. The number of nitrogens with one attached hydrogen (secondary N) is 1. The summed E-state index contributed by atoms with van der Waals surface area (Å²) in [5.74, 6) is 1.41. The summed E-state index contributed by atoms with van der Waals surface area (Å²) >= 11 is 0. The van der Waals surface area contributed by atoms with Gasteiger partial charge in [0.1, 0.15) is 0 Å². The Labute approximate surface area is 92.2 Å². The molecule has 0 saturated carbocycles. The number of amides is 1. The zero-order valence-electron chi connectivity index (χ0n) is 9.67. The number of piperidine rings is 1. The van der Waals surface area contributed by atoms with Crippen LogP contribution in [0.2, 0.25) is 0 Å². The molecule has 2 fully saturated rings. The molecule has 0 aromatic carbocycles. The maximum Gasteiger partial charge on any atom is 0.226 e. The van der Waals surface area contributed by atoms with Gasteiger partial charge in [0.15, 0.2) is 0 Å². The standard InChI is InChI=1S/C12H22N2O/c1-2-10-5-7-14(9-10)12(15)11-4-3-6-13-8-11/h10-11,13H,2-9H2,1H3/t10?,11-/m1/s1. The lowest BCUT2D eigenvalue weighted by molar-refractivity contribution is -0.135. The molecule has 0 spiro atoms. The summed E-state index contributed by atoms with van der Waals surface area (Å²) < 4.78 is 0. The van der Waals surface area contributed by atoms with Gasteiger partial charge < -0.3 is 10.2 Å². The normalized spacial score (nSPS) is 31.9. The summed E-state index contributed by atoms with van der Waals surface area (Å²) in [6, 6.07) is 0. The first-order chi connectivity index (χ1) is 7.31. The summed E-state index contributed by atoms with van der Waals surface area (Å²) in [6.45, 7) is 6.20. The molecule has 0 bridgehead atoms. The largest absolute Gasteiger partial charge is 0.342 e. The van der Waals surface area contributed by atoms with Crippen molar-refractivity contribution in [3.63, 3.8) is 0 Å². The smallest absolute Gasteiger partial charge is 0.226 e. The van der Waals surface area contributed by atoms with Crippen LogP contribution in [0.1, 0.15) is 32.6 Å². The van der Waals surface area contributed by atoms with Crippen LogP contribution in [0.4, 0.5) is 0 Å². The molecule has 0 aromatic rings. The Morgan fingerprint density at radius 3 is 2.93 bits per heavy atom. The SMILES string of the molecule is CCC1CCN(C(=O)[C@@H]2CCCNC2)C1. The minimum atomic E-state index is 0.259. The summed E-state index contributed by atoms with van der Waals surface area (Å²) in [5, 5.41) is 3.32. The van der Waals surface area contributed by atoms with Crippen LogP contribution in [0.15, 0.2) is 0 Å². The zero-order valence-corrected chi connectivity index (χ0v) is 9.67. The number of nitrogens with zero attached hydrogens (tertiary/aromatic N) is 1. The lowest BCUT2D eigenvalue weighted by atomic mass is 9.98. The van der Waals surface area contributed by atoms with Crippen molar-refractivity contribution in [1.29, 1.82) is 0 Å². The lowest BCUT2D eigenvalue weighted by Crippen LogP contribution is -2.42. The minimum absolute atomic E-state index is 0.259. The molecular weight excluding hydrogens is 188 g/mol. The summed E-state index contributed by atoms with van der Waals surface area (Å²) in [4.78, 5) is 14.2. The van der Waals surface area contributed by atoms with Crippen molar-refractivity contribution in [1.82, 2.24) is 10.2 Å². The molecule has 0 aliphatic carbocycles. The fraction of sp³-hybridized carbons (Fsp3) is 0.917. The van der Waals surface area contributed by atoms with Gasteiger partial charge in [-0.1, -0.05) is 13.3 Å². The van der Waals surface area contributed by atoms with Crippen molar-refractivity contribution in [3.8, 4) is 0 Å². The Bertz CT molecular complexity index is 224. The highest BCUT2D eigenvalue weighted by atomic mass is 16.2. The van der Waals surface area contributed by atoms with Crippen LogP contribution in [0.3, 0.4) is 0 Å². The van der Waals surface area contributed by atoms with E-state index in [0.29, 0.717) is 5.91 Å². The number of hydrogen-bond acceptors (Lipinski definition) is 2. The maximum atomic E-state index is 12.1. The first kappa shape index (κ1) is 10.9. The molecule has 1 amide bonds. The number of carbonyl (C=O) groups excluding carboxylic acids is 1. The third-order valence-corrected chi connectivity index (χ3v) is 3.82. The molecule has 2 heterocycles. The first-order valence-electron chi connectivity index (χ1n) is 6.30. The van der Waals surface area contributed by atoms with E-state index in [1.807, 2.05) is 0 Å². The van der Waals surface area contributed by atoms with Crippen LogP contribution in [-0.2, 0) is 4.79 Å². The Morgan fingerprint density at radius 1 is 1.47 bits per heavy atom. The predicted octanol–water partition coefficient (Wildman–Crippen LogP) is 1.24. The van der Waals surface area contributed by atoms with Gasteiger partial charge in [-0.05, 0) is 31.7 Å². The van der Waals surface area contributed by atoms with Crippen molar-refractivity contribution in [2.45, 2.75) is 32.6 Å². The molecule has 2 rings (SSSR count). The fourth-order valence-corrected chi connectivity index (χ4v) is 2.69. The molecule has 1 unspecified atom stereocenters. The van der Waals surface area contributed by atoms with Gasteiger partial charge in [-0.2, -0.15) is 0 Å². The monoisotopic (exact) mass is 210 g/mol. The highest BCUT2D eigenvalue weighted by Gasteiger charge is 2.30. The van der Waals surface area contributed by atoms with E-state index >= 15 is 0 Å². The Morgan fingerprint density at radius 2 is 2.33 bits per heavy atom. The van der Waals surface area contributed by atoms with E-state index in [2.05, 4.69) is 17.1 Å². The molecule has 2 aliphatic rings. The molecule has 2 aliphatic heterocycles. The summed E-state index contributed by atoms with van der Waals surface area (Å²) in [7, 11) is 0. The summed E-state index contributed by atoms with van der Waals surface area (Å²) in [5.41, 5.74) is 0. The van der Waals surface area contributed by atoms with E-state index in [1.165, 1.54) is 12.8 Å². The van der Waals surface area contributed by atoms with Crippen LogP contribution >= 0.6 is 0 Å². The Kier molecular flexibility index (Phi) is 3.62. The fourth-order valence-electron chi connectivity index (χ4n) is 2.69. The number of rotatable bonds is 2. The van der Waals surface area contributed by atoms with Crippen LogP contribution < -0.4 is 5.32 Å². The molecule has 15 heavy (non-hydrogen) atoms. The van der Waals surface area contributed by atoms with Gasteiger partial charge >= 0.3 is 0 Å². The van der Waals surface area contributed by atoms with E-state index in [9.17, 15) is 4.79 Å². The van der Waals surface area contributed by atoms with Gasteiger partial charge in [0, 0.05) is 19.6 Å². The third kappa shape index (κ3) is 2.51. The lowest BCUT2D eigenvalue weighted by Gasteiger charge is -2.26. The van der Waals surface area contributed by atoms with E-state index in [4.69, 9.17) is 0 Å². The van der Waals surface area contributed by atoms with E-state index in [1.54, 1.807) is 0 Å². The van der Waals surface area contributed by atoms with Gasteiger partial charge in [0.2, 0.25) is 5.91 Å². The molecular formula is C12H22N2O. The average molecular weight is 210 g/mol. The molecule has 3 heteroatoms. The van der Waals surface area contributed by atoms with Crippen molar-refractivity contribution in [3.05, 3.63) is 0 Å². The Balaban J connectivity index is 1.85. The van der Waals surface area contributed by atoms with Gasteiger partial charge in [0.05, 0.1) is 5.92 Å². The summed E-state index contributed by atoms with van der Waals surface area (Å²) in [6.07, 6.45) is 4.66. The number of carbonyl (C=O) groups is 1. The third-order valence-electron chi connectivity index (χ3n) is 3.82. The highest BCUT2D eigenvalue weighted by molar-refractivity contribution is 5.79. The average Bonchev–Trinajstić information content (AvgIpc) is 2.78. The second kappa shape index (κ2) is 4.97. The maximum absolute atomic E-state index is 12.1. The van der Waals surface area contributed by atoms with Gasteiger partial charge in [-0.25, -0.2) is 0 Å². The minimum Gasteiger partial charge on any atom is -0.342 e. The van der Waals surface area contributed by atoms with Crippen molar-refractivity contribution >= 4 is 5.91 Å². The number of hydrogen-bond donors (Lipinski definition) is 1. The van der Waals surface area contributed by atoms with Crippen LogP contribution in [0, 0.1) is 11.8 Å². The molecule has 3 nitrogen and oxygen atoms in total. The van der Waals surface area contributed by atoms with Crippen LogP contribution in [0.5, 0.6) is 0 Å². The molecule has 2 atom stereocenters. The van der Waals surface area contributed by atoms with E-state index in [0.717, 1.165) is 44.9 Å². The predicted molar refractivity (Wildman–Crippen MR) is 60.6 cm³/mol. The van der Waals surface area contributed by atoms with Crippen LogP contribution in [-0.4, -0.2) is 37.0 Å². The first-order valence-corrected chi connectivity index (χ1v) is 6.30. The second-order valence-corrected chi connectivity index (χ2v) is 4.89. The van der Waals surface area contributed by atoms with Crippen LogP contribution in [0.25, 0.3) is 0 Å². The highest BCUT2D eigenvalue weighted by Crippen LogP contribution is 2.22. The number of likely N-dealkylation sites (tertiary alicyclic amines) is 1. The molecule has 0 aromatic heterocycles. The van der Waals surface area contributed by atoms with Gasteiger partial charge in [0.25, 0.3) is 0 Å². The van der Waals surface area contributed by atoms with E-state index in [-0.39, 0.29) is 5.92 Å². The van der Waals surface area contributed by atoms with Crippen molar-refractivity contribution < 1.29 is 4.79 Å². The van der Waals surface area contributed by atoms with Crippen molar-refractivity contribution in [2.75, 3.05) is 26.2 Å².